The topological polar surface area (TPSA) is 0 Å². The molecular formula is C59H52Au2P2Si+2. The summed E-state index contributed by atoms with van der Waals surface area (Å²) in [5.74, 6) is 5.11. The summed E-state index contributed by atoms with van der Waals surface area (Å²) in [7, 11) is -3.06. The van der Waals surface area contributed by atoms with Gasteiger partial charge in [0.25, 0.3) is 0 Å². The van der Waals surface area contributed by atoms with Crippen molar-refractivity contribution in [3.8, 4) is 34.1 Å². The molecule has 0 N–H and O–H groups in total. The summed E-state index contributed by atoms with van der Waals surface area (Å²) in [6.45, 7) is 4.72. The van der Waals surface area contributed by atoms with Gasteiger partial charge < -0.3 is 12.8 Å². The summed E-state index contributed by atoms with van der Waals surface area (Å²) in [6.07, 6.45) is 20.9. The minimum Gasteiger partial charge on any atom is -0.366 e. The second-order valence-corrected chi connectivity index (χ2v) is 26.0. The van der Waals surface area contributed by atoms with Crippen molar-refractivity contribution in [1.82, 2.24) is 0 Å². The van der Waals surface area contributed by atoms with Crippen LogP contribution < -0.4 is 31.6 Å². The normalized spacial score (nSPS) is 11.9. The zero-order valence-electron chi connectivity index (χ0n) is 36.3. The molecule has 2 aliphatic rings. The van der Waals surface area contributed by atoms with E-state index in [0.717, 1.165) is 17.5 Å². The van der Waals surface area contributed by atoms with Crippen LogP contribution in [0, 0.1) is 24.7 Å². The van der Waals surface area contributed by atoms with Crippen molar-refractivity contribution in [2.75, 3.05) is 12.3 Å². The monoisotopic (exact) mass is 1240 g/mol. The van der Waals surface area contributed by atoms with Crippen LogP contribution in [0.4, 0.5) is 0 Å². The first kappa shape index (κ1) is 48.9. The van der Waals surface area contributed by atoms with Gasteiger partial charge in [0.05, 0.1) is 57.5 Å². The SMILES string of the molecule is [Au+].[Au+].[C-]#Cc1cccc2c1Cc1ccccc1-2.[C-]#Cc1cccc2c1[Si](C)(C)c1ccccc1-2.c1ccc([PH+](CCCC[PH+](c2ccccc2)c2ccccc2)c2ccccc2)cc1. The van der Waals surface area contributed by atoms with E-state index in [1.807, 2.05) is 24.3 Å². The number of hydrogen-bond donors (Lipinski definition) is 0. The zero-order valence-corrected chi connectivity index (χ0v) is 43.6. The molecule has 1 aliphatic carbocycles. The summed E-state index contributed by atoms with van der Waals surface area (Å²) < 4.78 is 0. The van der Waals surface area contributed by atoms with Gasteiger partial charge in [-0.25, -0.2) is 0 Å². The van der Waals surface area contributed by atoms with Crippen LogP contribution >= 0.6 is 15.8 Å². The molecular weight excluding hydrogens is 1190 g/mol. The van der Waals surface area contributed by atoms with Gasteiger partial charge in [-0.2, -0.15) is 0 Å². The third-order valence-corrected chi connectivity index (χ3v) is 21.7. The molecule has 322 valence electrons. The first-order valence-corrected chi connectivity index (χ1v) is 28.1. The van der Waals surface area contributed by atoms with Crippen LogP contribution in [0.1, 0.15) is 35.1 Å². The molecule has 10 rings (SSSR count). The van der Waals surface area contributed by atoms with Gasteiger partial charge >= 0.3 is 44.8 Å². The molecule has 64 heavy (non-hydrogen) atoms. The van der Waals surface area contributed by atoms with Crippen molar-refractivity contribution in [3.05, 3.63) is 241 Å². The van der Waals surface area contributed by atoms with E-state index >= 15 is 0 Å². The first-order valence-electron chi connectivity index (χ1n) is 21.7. The predicted octanol–water partition coefficient (Wildman–Crippen LogP) is 11.1. The third kappa shape index (κ3) is 11.1. The van der Waals surface area contributed by atoms with Crippen LogP contribution in [0.25, 0.3) is 22.3 Å². The molecule has 8 aromatic rings. The molecule has 5 heteroatoms. The Balaban J connectivity index is 0.000000170. The van der Waals surface area contributed by atoms with E-state index in [2.05, 4.69) is 207 Å². The molecule has 0 spiro atoms. The van der Waals surface area contributed by atoms with E-state index in [9.17, 15) is 0 Å². The van der Waals surface area contributed by atoms with Gasteiger partial charge in [0.15, 0.2) is 0 Å². The van der Waals surface area contributed by atoms with Crippen molar-refractivity contribution in [2.45, 2.75) is 32.4 Å². The van der Waals surface area contributed by atoms with Gasteiger partial charge in [0.2, 0.25) is 0 Å². The quantitative estimate of drug-likeness (QED) is 0.0444. The van der Waals surface area contributed by atoms with Gasteiger partial charge in [-0.05, 0) is 101 Å². The second-order valence-electron chi connectivity index (χ2n) is 16.4. The van der Waals surface area contributed by atoms with Crippen LogP contribution in [0.5, 0.6) is 0 Å². The van der Waals surface area contributed by atoms with Crippen LogP contribution in [0.2, 0.25) is 13.1 Å². The van der Waals surface area contributed by atoms with E-state index in [1.54, 1.807) is 0 Å². The maximum Gasteiger partial charge on any atom is 1.00 e. The summed E-state index contributed by atoms with van der Waals surface area (Å²) in [4.78, 5) is 0. The van der Waals surface area contributed by atoms with Crippen LogP contribution in [0.15, 0.2) is 206 Å². The van der Waals surface area contributed by atoms with E-state index in [0.29, 0.717) is 0 Å². The maximum absolute atomic E-state index is 7.47. The van der Waals surface area contributed by atoms with Crippen molar-refractivity contribution in [3.63, 3.8) is 0 Å². The van der Waals surface area contributed by atoms with Gasteiger partial charge in [0, 0.05) is 0 Å². The Bertz CT molecular complexity index is 2670. The predicted molar refractivity (Wildman–Crippen MR) is 276 cm³/mol. The molecule has 0 saturated carbocycles. The molecule has 0 saturated heterocycles. The fourth-order valence-corrected chi connectivity index (χ4v) is 18.1. The molecule has 0 amide bonds. The second kappa shape index (κ2) is 23.6. The largest absolute Gasteiger partial charge is 1.00 e. The van der Waals surface area contributed by atoms with Gasteiger partial charge in [-0.1, -0.05) is 159 Å². The van der Waals surface area contributed by atoms with Crippen molar-refractivity contribution >= 4 is 55.5 Å². The number of hydrogen-bond acceptors (Lipinski definition) is 0. The number of fused-ring (bicyclic) bond motifs is 6. The van der Waals surface area contributed by atoms with Crippen molar-refractivity contribution < 1.29 is 44.8 Å². The van der Waals surface area contributed by atoms with Crippen molar-refractivity contribution in [1.29, 1.82) is 0 Å². The fourth-order valence-electron chi connectivity index (χ4n) is 9.30. The maximum atomic E-state index is 7.47. The minimum atomic E-state index is -1.63. The molecule has 8 aromatic carbocycles. The van der Waals surface area contributed by atoms with E-state index in [1.165, 1.54) is 90.1 Å². The van der Waals surface area contributed by atoms with Crippen molar-refractivity contribution in [2.24, 2.45) is 0 Å². The molecule has 0 aromatic heterocycles. The Labute approximate surface area is 416 Å². The fraction of sp³-hybridized carbons (Fsp3) is 0.119. The molecule has 0 fully saturated rings. The Morgan fingerprint density at radius 2 is 0.812 bits per heavy atom. The molecule has 1 heterocycles. The van der Waals surface area contributed by atoms with Crippen LogP contribution in [0.3, 0.4) is 0 Å². The Morgan fingerprint density at radius 3 is 1.30 bits per heavy atom. The third-order valence-electron chi connectivity index (χ3n) is 12.3. The van der Waals surface area contributed by atoms with Crippen LogP contribution in [-0.4, -0.2) is 20.4 Å². The Kier molecular flexibility index (Phi) is 18.0. The van der Waals surface area contributed by atoms with Gasteiger partial charge in [-0.15, -0.1) is 34.0 Å². The molecule has 1 aliphatic heterocycles. The molecule has 0 radical (unpaired) electrons. The molecule has 0 bridgehead atoms. The summed E-state index contributed by atoms with van der Waals surface area (Å²) in [5.41, 5.74) is 9.74. The first-order chi connectivity index (χ1) is 30.5. The Hall–Kier alpha value is -4.56. The average molecular weight is 1250 g/mol. The average Bonchev–Trinajstić information content (AvgIpc) is 3.84. The smallest absolute Gasteiger partial charge is 0.366 e. The van der Waals surface area contributed by atoms with E-state index in [4.69, 9.17) is 12.8 Å². The molecule has 0 nitrogen and oxygen atoms in total. The van der Waals surface area contributed by atoms with E-state index in [-0.39, 0.29) is 44.8 Å². The molecule has 0 atom stereocenters. The zero-order chi connectivity index (χ0) is 42.7. The van der Waals surface area contributed by atoms with E-state index < -0.39 is 23.9 Å². The summed E-state index contributed by atoms with van der Waals surface area (Å²) >= 11 is 0. The van der Waals surface area contributed by atoms with Gasteiger partial charge in [-0.3, -0.25) is 11.8 Å². The standard InChI is InChI=1S/C28H28P2.C16H13Si.C15H9.2Au/c1-5-15-25(16-6-1)29(26-17-7-2-8-18-26)23-13-14-24-30(27-19-9-3-10-20-27)28-21-11-4-12-22-28;1-4-12-8-7-10-14-13-9-5-6-11-15(13)17(2,3)16(12)14;1-2-11-7-5-9-14-13-8-4-3-6-12(13)10-15(11)14;;/h1-12,15-22H,13-14,23-24H2;5-11H,2-3H3;3-9H,10H2;;/q;2*-1;2*+1/p+2. The number of rotatable bonds is 9. The summed E-state index contributed by atoms with van der Waals surface area (Å²) in [6, 6.07) is 74.0. The van der Waals surface area contributed by atoms with Crippen LogP contribution in [-0.2, 0) is 51.2 Å². The molecule has 0 unspecified atom stereocenters. The minimum absolute atomic E-state index is 0. The number of benzene rings is 8. The van der Waals surface area contributed by atoms with Gasteiger partial charge in [0.1, 0.15) is 0 Å². The number of unbranched alkanes of at least 4 members (excludes halogenated alkanes) is 1. The summed E-state index contributed by atoms with van der Waals surface area (Å²) in [5, 5.41) is 8.99. The Morgan fingerprint density at radius 1 is 0.422 bits per heavy atom.